The summed E-state index contributed by atoms with van der Waals surface area (Å²) in [6.45, 7) is 4.38. The maximum atomic E-state index is 13.9. The lowest BCUT2D eigenvalue weighted by atomic mass is 9.99. The Bertz CT molecular complexity index is 712. The first-order valence-corrected chi connectivity index (χ1v) is 11.3. The summed E-state index contributed by atoms with van der Waals surface area (Å²) in [6, 6.07) is 18.5. The van der Waals surface area contributed by atoms with Crippen molar-refractivity contribution in [1.82, 2.24) is 9.62 Å². The van der Waals surface area contributed by atoms with Crippen LogP contribution in [0.15, 0.2) is 54.6 Å². The van der Waals surface area contributed by atoms with Gasteiger partial charge in [-0.3, -0.25) is 9.62 Å². The van der Waals surface area contributed by atoms with Crippen molar-refractivity contribution in [2.75, 3.05) is 13.1 Å². The highest BCUT2D eigenvalue weighted by Crippen LogP contribution is 2.23. The fraction of sp³-hybridized carbons (Fsp3) is 0.478. The Kier molecular flexibility index (Phi) is 8.34. The molecule has 3 atom stereocenters. The third-order valence-electron chi connectivity index (χ3n) is 5.58. The fourth-order valence-electron chi connectivity index (χ4n) is 4.12. The molecule has 0 amide bonds. The summed E-state index contributed by atoms with van der Waals surface area (Å²) in [5, 5.41) is 0. The fourth-order valence-corrected chi connectivity index (χ4v) is 4.90. The van der Waals surface area contributed by atoms with Crippen molar-refractivity contribution in [2.45, 2.75) is 56.5 Å². The molecule has 152 valence electrons. The quantitative estimate of drug-likeness (QED) is 0.458. The molecule has 2 aromatic carbocycles. The molecule has 1 aliphatic heterocycles. The van der Waals surface area contributed by atoms with Crippen LogP contribution in [0.3, 0.4) is 0 Å². The van der Waals surface area contributed by atoms with Gasteiger partial charge in [0, 0.05) is 30.4 Å². The Labute approximate surface area is 173 Å². The van der Waals surface area contributed by atoms with Gasteiger partial charge in [0.1, 0.15) is 5.82 Å². The third kappa shape index (κ3) is 6.31. The van der Waals surface area contributed by atoms with Crippen LogP contribution in [-0.4, -0.2) is 36.1 Å². The molecule has 0 saturated carbocycles. The van der Waals surface area contributed by atoms with Gasteiger partial charge in [0.05, 0.1) is 0 Å². The van der Waals surface area contributed by atoms with Gasteiger partial charge in [0.15, 0.2) is 0 Å². The van der Waals surface area contributed by atoms with E-state index in [1.807, 2.05) is 12.1 Å². The minimum atomic E-state index is -0.149. The minimum absolute atomic E-state index is 0.0198. The van der Waals surface area contributed by atoms with Crippen molar-refractivity contribution in [3.8, 4) is 0 Å². The number of hydrogen-bond donors (Lipinski definition) is 2. The largest absolute Gasteiger partial charge is 0.327 e. The molecule has 1 saturated heterocycles. The van der Waals surface area contributed by atoms with Crippen LogP contribution in [0.5, 0.6) is 0 Å². The number of nitrogens with zero attached hydrogens (tertiary/aromatic N) is 1. The second-order valence-corrected chi connectivity index (χ2v) is 8.66. The van der Waals surface area contributed by atoms with Crippen molar-refractivity contribution >= 4 is 11.9 Å². The smallest absolute Gasteiger partial charge is 0.126 e. The van der Waals surface area contributed by atoms with E-state index in [0.29, 0.717) is 18.5 Å². The summed E-state index contributed by atoms with van der Waals surface area (Å²) in [4.78, 5) is 2.58. The number of likely N-dealkylation sites (tertiary alicyclic amines) is 1. The molecule has 5 heteroatoms. The third-order valence-corrected chi connectivity index (χ3v) is 6.42. The molecule has 0 bridgehead atoms. The number of nitrogens with one attached hydrogen (secondary N) is 1. The number of benzene rings is 2. The average molecular weight is 402 g/mol. The maximum Gasteiger partial charge on any atom is 0.126 e. The van der Waals surface area contributed by atoms with E-state index in [1.165, 1.54) is 24.5 Å². The summed E-state index contributed by atoms with van der Waals surface area (Å²) in [6.07, 6.45) is 3.96. The van der Waals surface area contributed by atoms with E-state index in [1.54, 1.807) is 18.0 Å². The first-order valence-electron chi connectivity index (χ1n) is 10.3. The van der Waals surface area contributed by atoms with Crippen LogP contribution in [0, 0.1) is 5.82 Å². The highest BCUT2D eigenvalue weighted by Gasteiger charge is 2.29. The molecule has 1 unspecified atom stereocenters. The SMILES string of the molecule is CC(C[C@H](N)Cc1ccccc1F)N1CCC[C@H]1CNSCc1ccccc1. The lowest BCUT2D eigenvalue weighted by Crippen LogP contribution is -2.44. The van der Waals surface area contributed by atoms with Crippen molar-refractivity contribution in [3.05, 3.63) is 71.5 Å². The first-order chi connectivity index (χ1) is 13.6. The molecule has 0 aliphatic carbocycles. The molecule has 0 aromatic heterocycles. The molecular weight excluding hydrogens is 369 g/mol. The number of halogens is 1. The number of nitrogens with two attached hydrogens (primary N) is 1. The Morgan fingerprint density at radius 3 is 2.71 bits per heavy atom. The number of hydrogen-bond acceptors (Lipinski definition) is 4. The second-order valence-electron chi connectivity index (χ2n) is 7.80. The minimum Gasteiger partial charge on any atom is -0.327 e. The lowest BCUT2D eigenvalue weighted by Gasteiger charge is -2.32. The normalized spacial score (nSPS) is 19.6. The Balaban J connectivity index is 1.42. The molecule has 0 radical (unpaired) electrons. The van der Waals surface area contributed by atoms with E-state index in [9.17, 15) is 4.39 Å². The van der Waals surface area contributed by atoms with Gasteiger partial charge in [-0.05, 0) is 56.3 Å². The zero-order chi connectivity index (χ0) is 19.8. The van der Waals surface area contributed by atoms with Gasteiger partial charge >= 0.3 is 0 Å². The molecule has 28 heavy (non-hydrogen) atoms. The molecule has 1 aliphatic rings. The van der Waals surface area contributed by atoms with Gasteiger partial charge in [-0.2, -0.15) is 0 Å². The van der Waals surface area contributed by atoms with Gasteiger partial charge in [0.2, 0.25) is 0 Å². The van der Waals surface area contributed by atoms with E-state index in [0.717, 1.165) is 30.8 Å². The molecule has 1 heterocycles. The summed E-state index contributed by atoms with van der Waals surface area (Å²) < 4.78 is 17.4. The first kappa shape index (κ1) is 21.3. The topological polar surface area (TPSA) is 41.3 Å². The summed E-state index contributed by atoms with van der Waals surface area (Å²) in [7, 11) is 0. The zero-order valence-corrected chi connectivity index (χ0v) is 17.5. The van der Waals surface area contributed by atoms with Crippen LogP contribution >= 0.6 is 11.9 Å². The second kappa shape index (κ2) is 11.0. The molecular formula is C23H32FN3S. The van der Waals surface area contributed by atoms with E-state index >= 15 is 0 Å². The number of rotatable bonds is 10. The van der Waals surface area contributed by atoms with E-state index < -0.39 is 0 Å². The Morgan fingerprint density at radius 2 is 1.93 bits per heavy atom. The Hall–Kier alpha value is -1.40. The molecule has 2 aromatic rings. The molecule has 1 fully saturated rings. The molecule has 3 rings (SSSR count). The predicted molar refractivity (Wildman–Crippen MR) is 118 cm³/mol. The van der Waals surface area contributed by atoms with Gasteiger partial charge in [-0.15, -0.1) is 0 Å². The van der Waals surface area contributed by atoms with Crippen LogP contribution < -0.4 is 10.5 Å². The van der Waals surface area contributed by atoms with Crippen LogP contribution in [0.1, 0.15) is 37.3 Å². The van der Waals surface area contributed by atoms with Crippen LogP contribution in [0.4, 0.5) is 4.39 Å². The van der Waals surface area contributed by atoms with Gasteiger partial charge in [-0.1, -0.05) is 60.5 Å². The zero-order valence-electron chi connectivity index (χ0n) is 16.7. The van der Waals surface area contributed by atoms with E-state index in [2.05, 4.69) is 46.9 Å². The molecule has 3 nitrogen and oxygen atoms in total. The molecule has 3 N–H and O–H groups in total. The van der Waals surface area contributed by atoms with Crippen LogP contribution in [0.25, 0.3) is 0 Å². The van der Waals surface area contributed by atoms with Gasteiger partial charge in [-0.25, -0.2) is 4.39 Å². The highest BCUT2D eigenvalue weighted by molar-refractivity contribution is 7.96. The summed E-state index contributed by atoms with van der Waals surface area (Å²) in [5.41, 5.74) is 8.43. The van der Waals surface area contributed by atoms with E-state index in [4.69, 9.17) is 5.73 Å². The highest BCUT2D eigenvalue weighted by atomic mass is 32.2. The standard InChI is InChI=1S/C23H32FN3S/c1-18(14-21(25)15-20-10-5-6-12-23(20)24)27-13-7-11-22(27)16-26-28-17-19-8-3-2-4-9-19/h2-6,8-10,12,18,21-22,26H,7,11,13-17,25H2,1H3/t18?,21-,22-/m0/s1. The average Bonchev–Trinajstić information content (AvgIpc) is 3.16. The molecule has 0 spiro atoms. The van der Waals surface area contributed by atoms with Crippen LogP contribution in [0.2, 0.25) is 0 Å². The lowest BCUT2D eigenvalue weighted by molar-refractivity contribution is 0.177. The van der Waals surface area contributed by atoms with Gasteiger partial charge in [0.25, 0.3) is 0 Å². The van der Waals surface area contributed by atoms with Crippen LogP contribution in [-0.2, 0) is 12.2 Å². The monoisotopic (exact) mass is 401 g/mol. The van der Waals surface area contributed by atoms with Crippen molar-refractivity contribution < 1.29 is 4.39 Å². The summed E-state index contributed by atoms with van der Waals surface area (Å²) in [5.74, 6) is 0.834. The van der Waals surface area contributed by atoms with E-state index in [-0.39, 0.29) is 11.9 Å². The van der Waals surface area contributed by atoms with Crippen molar-refractivity contribution in [1.29, 1.82) is 0 Å². The summed E-state index contributed by atoms with van der Waals surface area (Å²) >= 11 is 1.78. The maximum absolute atomic E-state index is 13.9. The van der Waals surface area contributed by atoms with Crippen molar-refractivity contribution in [3.63, 3.8) is 0 Å². The Morgan fingerprint density at radius 1 is 1.18 bits per heavy atom. The van der Waals surface area contributed by atoms with Gasteiger partial charge < -0.3 is 5.73 Å². The van der Waals surface area contributed by atoms with Crippen molar-refractivity contribution in [2.24, 2.45) is 5.73 Å². The predicted octanol–water partition coefficient (Wildman–Crippen LogP) is 4.38.